The summed E-state index contributed by atoms with van der Waals surface area (Å²) in [4.78, 5) is 90.7. The van der Waals surface area contributed by atoms with Crippen molar-refractivity contribution in [2.75, 3.05) is 63.4 Å². The summed E-state index contributed by atoms with van der Waals surface area (Å²) in [6.07, 6.45) is 12.6. The third-order valence-electron chi connectivity index (χ3n) is 21.9. The van der Waals surface area contributed by atoms with E-state index < -0.39 is 33.8 Å². The summed E-state index contributed by atoms with van der Waals surface area (Å²) < 4.78 is 39.9. The van der Waals surface area contributed by atoms with Gasteiger partial charge in [-0.15, -0.1) is 0 Å². The van der Waals surface area contributed by atoms with E-state index in [1.165, 1.54) is 18.9 Å². The number of carbonyl (C=O) groups is 4. The number of aromatic nitrogens is 2. The van der Waals surface area contributed by atoms with Gasteiger partial charge in [0.2, 0.25) is 11.8 Å². The summed E-state index contributed by atoms with van der Waals surface area (Å²) in [5, 5.41) is 28.4. The summed E-state index contributed by atoms with van der Waals surface area (Å²) in [7, 11) is 6.34. The summed E-state index contributed by atoms with van der Waals surface area (Å²) in [5.74, 6) is 0.0598. The number of methoxy groups -OCH3 is 2. The molecule has 2 heterocycles. The zero-order chi connectivity index (χ0) is 74.1. The van der Waals surface area contributed by atoms with Gasteiger partial charge in [-0.3, -0.25) is 28.8 Å². The van der Waals surface area contributed by atoms with E-state index in [0.717, 1.165) is 62.5 Å². The molecule has 22 heteroatoms. The third-order valence-corrected chi connectivity index (χ3v) is 22.6. The Balaban J connectivity index is 0.766. The van der Waals surface area contributed by atoms with E-state index in [2.05, 4.69) is 22.8 Å². The fraction of sp³-hybridized carbons (Fsp3) is 0.422. The number of fused-ring (bicyclic) bond motifs is 2. The number of para-hydroxylation sites is 1. The maximum atomic E-state index is 15.4. The molecule has 2 aromatic heterocycles. The number of hydrogen-bond donors (Lipinski definition) is 2. The maximum absolute atomic E-state index is 15.4. The highest BCUT2D eigenvalue weighted by atomic mass is 35.5. The average Bonchev–Trinajstić information content (AvgIpc) is 0.830. The van der Waals surface area contributed by atoms with Crippen LogP contribution in [0.15, 0.2) is 131 Å². The van der Waals surface area contributed by atoms with Crippen LogP contribution in [0.1, 0.15) is 155 Å². The fourth-order valence-electron chi connectivity index (χ4n) is 15.8. The van der Waals surface area contributed by atoms with Crippen LogP contribution in [0, 0.1) is 34.5 Å². The number of nitriles is 2. The minimum Gasteiger partial charge on any atom is -0.493 e. The lowest BCUT2D eigenvalue weighted by molar-refractivity contribution is -0.127. The molecule has 4 aliphatic rings. The van der Waals surface area contributed by atoms with Crippen LogP contribution in [0.5, 0.6) is 34.5 Å². The monoisotopic (exact) mass is 1460 g/mol. The molecule has 0 unspecified atom stereocenters. The lowest BCUT2D eigenvalue weighted by Crippen LogP contribution is -2.39. The van der Waals surface area contributed by atoms with Gasteiger partial charge in [-0.1, -0.05) is 77.8 Å². The second-order valence-corrected chi connectivity index (χ2v) is 28.7. The second kappa shape index (κ2) is 33.0. The van der Waals surface area contributed by atoms with Crippen molar-refractivity contribution in [2.24, 2.45) is 25.9 Å². The molecule has 4 aliphatic carbocycles. The summed E-state index contributed by atoms with van der Waals surface area (Å²) >= 11 is 14.6. The molecule has 8 aromatic rings. The first-order valence-electron chi connectivity index (χ1n) is 36.7. The van der Waals surface area contributed by atoms with E-state index in [0.29, 0.717) is 113 Å². The molecule has 0 radical (unpaired) electrons. The molecular weight excluding hydrogens is 1370 g/mol. The number of hydrogen-bond acceptors (Lipinski definition) is 14. The van der Waals surface area contributed by atoms with Gasteiger partial charge in [0.15, 0.2) is 23.0 Å². The highest BCUT2D eigenvalue weighted by Crippen LogP contribution is 2.48. The van der Waals surface area contributed by atoms with Crippen molar-refractivity contribution < 1.29 is 47.6 Å². The van der Waals surface area contributed by atoms with E-state index in [-0.39, 0.29) is 120 Å². The number of pyridine rings is 2. The zero-order valence-electron chi connectivity index (χ0n) is 60.5. The van der Waals surface area contributed by atoms with Crippen molar-refractivity contribution in [1.82, 2.24) is 19.8 Å². The number of amides is 4. The van der Waals surface area contributed by atoms with Crippen molar-refractivity contribution in [3.63, 3.8) is 0 Å². The van der Waals surface area contributed by atoms with Crippen LogP contribution < -0.4 is 60.0 Å². The normalized spacial score (nSPS) is 18.9. The van der Waals surface area contributed by atoms with E-state index in [1.54, 1.807) is 108 Å². The number of carbonyl (C=O) groups excluding carboxylic acids is 4. The Kier molecular flexibility index (Phi) is 23.5. The highest BCUT2D eigenvalue weighted by Gasteiger charge is 2.42. The smallest absolute Gasteiger partial charge is 0.267 e. The van der Waals surface area contributed by atoms with Crippen molar-refractivity contribution in [2.45, 2.75) is 146 Å². The molecule has 20 nitrogen and oxygen atoms in total. The molecule has 105 heavy (non-hydrogen) atoms. The van der Waals surface area contributed by atoms with Crippen molar-refractivity contribution in [3.05, 3.63) is 174 Å². The molecule has 12 rings (SSSR count). The average molecular weight is 1460 g/mol. The van der Waals surface area contributed by atoms with Gasteiger partial charge < -0.3 is 58.0 Å². The van der Waals surface area contributed by atoms with Crippen LogP contribution in [-0.2, 0) is 34.5 Å². The predicted octanol–water partition coefficient (Wildman–Crippen LogP) is 15.0. The molecule has 4 saturated carbocycles. The van der Waals surface area contributed by atoms with E-state index in [4.69, 9.17) is 51.6 Å². The number of rotatable bonds is 26. The first kappa shape index (κ1) is 74.7. The first-order chi connectivity index (χ1) is 50.9. The molecule has 0 spiro atoms. The number of nitrogens with zero attached hydrogens (tertiary/aromatic N) is 6. The van der Waals surface area contributed by atoms with Gasteiger partial charge in [-0.25, -0.2) is 0 Å². The van der Waals surface area contributed by atoms with Gasteiger partial charge in [0.25, 0.3) is 22.9 Å². The van der Waals surface area contributed by atoms with Crippen LogP contribution >= 0.6 is 23.2 Å². The minimum atomic E-state index is -0.814. The predicted molar refractivity (Wildman–Crippen MR) is 407 cm³/mol. The van der Waals surface area contributed by atoms with Gasteiger partial charge in [0, 0.05) is 62.5 Å². The van der Waals surface area contributed by atoms with Crippen molar-refractivity contribution >= 4 is 80.0 Å². The second-order valence-electron chi connectivity index (χ2n) is 27.9. The van der Waals surface area contributed by atoms with Gasteiger partial charge >= 0.3 is 0 Å². The van der Waals surface area contributed by atoms with E-state index in [9.17, 15) is 29.7 Å². The fourth-order valence-corrected chi connectivity index (χ4v) is 16.4. The number of halogens is 2. The summed E-state index contributed by atoms with van der Waals surface area (Å²) in [6.45, 7) is 3.94. The Morgan fingerprint density at radius 2 is 1.02 bits per heavy atom. The molecule has 0 atom stereocenters. The van der Waals surface area contributed by atoms with Crippen LogP contribution in [0.4, 0.5) is 11.4 Å². The molecule has 4 fully saturated rings. The van der Waals surface area contributed by atoms with Crippen molar-refractivity contribution in [1.29, 1.82) is 10.5 Å². The molecule has 548 valence electrons. The lowest BCUT2D eigenvalue weighted by atomic mass is 9.67. The Bertz CT molecular complexity index is 4790. The van der Waals surface area contributed by atoms with Crippen LogP contribution in [0.25, 0.3) is 32.9 Å². The van der Waals surface area contributed by atoms with Gasteiger partial charge in [-0.2, -0.15) is 10.5 Å². The standard InChI is InChI=1S/C83H90Cl2N8O12/c1-7-92(57-20-10-9-11-21-57)80(98)72-75(102-45-18-43-88-76(94)52-35-39-82(50-86,40-36-52)55-29-33-65(100-5)67(48-55)104-59-23-12-13-24-59)70-64(91(4)79(72)97)32-31-61(73(70)85)54-19-16-22-58(47-54)93(8-2)81(99)71-74(69-62(84)27-17-28-63(69)90(3)78(71)96)103-46-44-89-77(95)53-37-41-83(51-87,42-38-53)56-30-34-66(101-6)68(49-56)105-60-25-14-15-26-60/h9-11,16-17,19-22,27-34,47-49,52-53,59-60H,7-8,12-15,18,23-26,35-46H2,1-6H3,(H,88,94)(H,89,95). The molecule has 0 bridgehead atoms. The molecular formula is C83H90Cl2N8O12. The van der Waals surface area contributed by atoms with Crippen molar-refractivity contribution in [3.8, 4) is 57.8 Å². The lowest BCUT2D eigenvalue weighted by Gasteiger charge is -2.35. The summed E-state index contributed by atoms with van der Waals surface area (Å²) in [6, 6.07) is 41.2. The number of nitrogens with one attached hydrogen (secondary N) is 2. The molecule has 6 aromatic carbocycles. The Morgan fingerprint density at radius 3 is 1.53 bits per heavy atom. The molecule has 0 aliphatic heterocycles. The highest BCUT2D eigenvalue weighted by molar-refractivity contribution is 6.39. The van der Waals surface area contributed by atoms with Crippen LogP contribution in [0.3, 0.4) is 0 Å². The van der Waals surface area contributed by atoms with E-state index >= 15 is 9.59 Å². The van der Waals surface area contributed by atoms with Crippen LogP contribution in [-0.4, -0.2) is 98.6 Å². The Labute approximate surface area is 622 Å². The molecule has 4 amide bonds. The first-order valence-corrected chi connectivity index (χ1v) is 37.5. The largest absolute Gasteiger partial charge is 0.493 e. The molecule has 2 N–H and O–H groups in total. The number of ether oxygens (including phenoxy) is 6. The Morgan fingerprint density at radius 1 is 0.543 bits per heavy atom. The van der Waals surface area contributed by atoms with Gasteiger partial charge in [0.1, 0.15) is 29.2 Å². The van der Waals surface area contributed by atoms with Crippen LogP contribution in [0.2, 0.25) is 10.0 Å². The number of benzene rings is 6. The maximum Gasteiger partial charge on any atom is 0.267 e. The summed E-state index contributed by atoms with van der Waals surface area (Å²) in [5.41, 5.74) is 1.01. The molecule has 0 saturated heterocycles. The minimum absolute atomic E-state index is 0.0247. The third kappa shape index (κ3) is 15.3. The van der Waals surface area contributed by atoms with E-state index in [1.807, 2.05) is 55.5 Å². The Hall–Kier alpha value is -10.0. The quantitative estimate of drug-likeness (QED) is 0.0479. The SMILES string of the molecule is CCN(C(=O)c1c(OCCNC(=O)C2CCC(C#N)(c3ccc(OC)c(OC4CCCC4)c3)CC2)c2c(Cl)cccc2n(C)c1=O)c1cccc(-c2ccc3c(c2Cl)c(OCCCNC(=O)C2CCC(C#N)(c4ccc(OC)c(OC5CCCC5)c4)CC2)c(C(=O)N(CC)c2ccccc2)c(=O)n3C)c1. The van der Waals surface area contributed by atoms with Gasteiger partial charge in [0.05, 0.1) is 94.4 Å². The topological polar surface area (TPSA) is 246 Å². The zero-order valence-corrected chi connectivity index (χ0v) is 62.0. The van der Waals surface area contributed by atoms with Gasteiger partial charge in [-0.05, 0) is 206 Å². The number of anilines is 2. The number of aryl methyl sites for hydroxylation is 2.